The fourth-order valence-corrected chi connectivity index (χ4v) is 8.00. The number of primary amides is 2. The lowest BCUT2D eigenvalue weighted by atomic mass is 9.82. The van der Waals surface area contributed by atoms with Gasteiger partial charge in [0, 0.05) is 61.8 Å². The van der Waals surface area contributed by atoms with Crippen LogP contribution in [-0.4, -0.2) is 126 Å². The molecule has 0 saturated carbocycles. The predicted octanol–water partition coefficient (Wildman–Crippen LogP) is 1.58. The van der Waals surface area contributed by atoms with E-state index in [2.05, 4.69) is 10.6 Å². The number of aliphatic hydroxyl groups excluding tert-OH is 1. The largest absolute Gasteiger partial charge is 0.480 e. The number of carbonyl (C=O) groups is 10. The second-order valence-corrected chi connectivity index (χ2v) is 17.8. The van der Waals surface area contributed by atoms with E-state index >= 15 is 4.39 Å². The lowest BCUT2D eigenvalue weighted by Gasteiger charge is -2.42. The molecule has 378 valence electrons. The molecule has 70 heavy (non-hydrogen) atoms. The van der Waals surface area contributed by atoms with Crippen molar-refractivity contribution in [3.63, 3.8) is 0 Å². The maximum absolute atomic E-state index is 15.3. The van der Waals surface area contributed by atoms with Gasteiger partial charge in [0.1, 0.15) is 42.4 Å². The number of amides is 8. The molecule has 21 nitrogen and oxygen atoms in total. The van der Waals surface area contributed by atoms with Gasteiger partial charge in [-0.25, -0.2) is 18.4 Å². The number of nitrogens with one attached hydrogen (secondary N) is 2. The number of benzene rings is 2. The third-order valence-corrected chi connectivity index (χ3v) is 11.3. The van der Waals surface area contributed by atoms with Gasteiger partial charge in [-0.05, 0) is 61.9 Å². The van der Waals surface area contributed by atoms with Crippen LogP contribution in [-0.2, 0) is 59.3 Å². The van der Waals surface area contributed by atoms with Crippen LogP contribution in [0.15, 0.2) is 60.8 Å². The van der Waals surface area contributed by atoms with Gasteiger partial charge in [-0.3, -0.25) is 38.4 Å². The standard InChI is InChI=1S/C47H58F2N8O13/c1-26(52-37(60)12-9-13-41(64)70-57-38(61)16-17-39(57)62)44(66)53-27(2)45(67)56(35(43(51)65)22-36(50)59)33(46(68)69)18-19-55(40(63)25-58)42(47(3,4)5)34-20-29(31-21-30(48)14-15-32(31)49)24-54(34)23-28-10-7-6-8-11-28/h6-8,10-11,14-15,20-21,24,26-27,33,35,42,58H,9,12-13,16-19,22-23,25H2,1-5H3,(H2,50,59)(H2,51,65)(H,52,60)(H,53,66)(H,68,69)/t26-,27-,33-,35-,42-/m0/s1. The second-order valence-electron chi connectivity index (χ2n) is 17.8. The maximum Gasteiger partial charge on any atom is 0.333 e. The first-order valence-corrected chi connectivity index (χ1v) is 22.2. The molecule has 4 rings (SSSR count). The van der Waals surface area contributed by atoms with Crippen LogP contribution in [0.5, 0.6) is 0 Å². The maximum atomic E-state index is 15.3. The number of aromatic nitrogens is 1. The lowest BCUT2D eigenvalue weighted by molar-refractivity contribution is -0.197. The Morgan fingerprint density at radius 2 is 1.51 bits per heavy atom. The van der Waals surface area contributed by atoms with Crippen LogP contribution >= 0.6 is 0 Å². The Kier molecular flexibility index (Phi) is 19.0. The van der Waals surface area contributed by atoms with Gasteiger partial charge in [0.2, 0.25) is 35.4 Å². The Hall–Kier alpha value is -7.56. The van der Waals surface area contributed by atoms with Gasteiger partial charge in [0.15, 0.2) is 0 Å². The zero-order valence-corrected chi connectivity index (χ0v) is 39.3. The van der Waals surface area contributed by atoms with Crippen LogP contribution in [0, 0.1) is 17.0 Å². The van der Waals surface area contributed by atoms with E-state index in [4.69, 9.17) is 16.3 Å². The summed E-state index contributed by atoms with van der Waals surface area (Å²) in [5.74, 6) is -11.9. The summed E-state index contributed by atoms with van der Waals surface area (Å²) >= 11 is 0. The van der Waals surface area contributed by atoms with Crippen molar-refractivity contribution in [3.8, 4) is 11.1 Å². The van der Waals surface area contributed by atoms with Crippen molar-refractivity contribution < 1.29 is 71.8 Å². The van der Waals surface area contributed by atoms with E-state index in [-0.39, 0.29) is 49.8 Å². The molecule has 8 N–H and O–H groups in total. The molecule has 0 spiro atoms. The average molecular weight is 981 g/mol. The highest BCUT2D eigenvalue weighted by molar-refractivity contribution is 6.01. The summed E-state index contributed by atoms with van der Waals surface area (Å²) in [4.78, 5) is 135. The number of nitrogens with zero attached hydrogens (tertiary/aromatic N) is 4. The molecule has 1 aromatic heterocycles. The molecule has 1 aliphatic rings. The number of aliphatic carboxylic acids is 1. The van der Waals surface area contributed by atoms with E-state index in [1.807, 2.05) is 12.1 Å². The number of hydroxylamine groups is 2. The second kappa shape index (κ2) is 24.1. The highest BCUT2D eigenvalue weighted by Gasteiger charge is 2.43. The van der Waals surface area contributed by atoms with Gasteiger partial charge >= 0.3 is 11.9 Å². The lowest BCUT2D eigenvalue weighted by Crippen LogP contribution is -2.62. The first kappa shape index (κ1) is 55.0. The molecule has 3 aromatic rings. The Morgan fingerprint density at radius 1 is 0.871 bits per heavy atom. The number of carboxylic acids is 1. The number of rotatable bonds is 24. The first-order chi connectivity index (χ1) is 32.8. The van der Waals surface area contributed by atoms with E-state index in [1.54, 1.807) is 55.8 Å². The molecule has 1 aliphatic heterocycles. The number of carboxylic acid groups (broad SMARTS) is 1. The minimum absolute atomic E-state index is 0.0986. The van der Waals surface area contributed by atoms with E-state index in [0.717, 1.165) is 35.6 Å². The third-order valence-electron chi connectivity index (χ3n) is 11.3. The molecule has 0 radical (unpaired) electrons. The van der Waals surface area contributed by atoms with Crippen LogP contribution in [0.2, 0.25) is 0 Å². The minimum Gasteiger partial charge on any atom is -0.480 e. The van der Waals surface area contributed by atoms with E-state index in [1.165, 1.54) is 6.92 Å². The van der Waals surface area contributed by atoms with Crippen LogP contribution in [0.3, 0.4) is 0 Å². The molecule has 0 aliphatic carbocycles. The van der Waals surface area contributed by atoms with E-state index in [9.17, 15) is 62.5 Å². The quantitative estimate of drug-likeness (QED) is 0.0696. The summed E-state index contributed by atoms with van der Waals surface area (Å²) < 4.78 is 31.5. The van der Waals surface area contributed by atoms with Gasteiger partial charge in [-0.15, -0.1) is 5.06 Å². The highest BCUT2D eigenvalue weighted by atomic mass is 19.1. The summed E-state index contributed by atoms with van der Waals surface area (Å²) in [5.41, 5.74) is 11.4. The molecule has 2 heterocycles. The molecular weight excluding hydrogens is 923 g/mol. The number of hydrogen-bond donors (Lipinski definition) is 6. The molecular formula is C47H58F2N8O13. The Morgan fingerprint density at radius 3 is 2.09 bits per heavy atom. The fourth-order valence-electron chi connectivity index (χ4n) is 8.00. The molecule has 0 bridgehead atoms. The van der Waals surface area contributed by atoms with Crippen molar-refractivity contribution in [2.75, 3.05) is 13.2 Å². The van der Waals surface area contributed by atoms with Crippen molar-refractivity contribution in [3.05, 3.63) is 83.7 Å². The molecule has 2 aromatic carbocycles. The zero-order valence-electron chi connectivity index (χ0n) is 39.3. The average Bonchev–Trinajstić information content (AvgIpc) is 3.83. The summed E-state index contributed by atoms with van der Waals surface area (Å²) in [5, 5.41) is 26.1. The summed E-state index contributed by atoms with van der Waals surface area (Å²) in [6.07, 6.45) is -1.10. The number of carbonyl (C=O) groups excluding carboxylic acids is 9. The summed E-state index contributed by atoms with van der Waals surface area (Å²) in [6, 6.07) is 5.31. The Bertz CT molecular complexity index is 2460. The predicted molar refractivity (Wildman–Crippen MR) is 242 cm³/mol. The van der Waals surface area contributed by atoms with Crippen LogP contribution in [0.1, 0.15) is 96.9 Å². The number of hydrogen-bond acceptors (Lipinski definition) is 12. The topological polar surface area (TPSA) is 311 Å². The molecule has 5 atom stereocenters. The van der Waals surface area contributed by atoms with E-state index in [0.29, 0.717) is 15.7 Å². The van der Waals surface area contributed by atoms with Crippen LogP contribution in [0.25, 0.3) is 11.1 Å². The Balaban J connectivity index is 1.63. The van der Waals surface area contributed by atoms with Crippen molar-refractivity contribution in [2.45, 2.75) is 116 Å². The highest BCUT2D eigenvalue weighted by Crippen LogP contribution is 2.41. The van der Waals surface area contributed by atoms with Crippen molar-refractivity contribution in [2.24, 2.45) is 16.9 Å². The third kappa shape index (κ3) is 14.5. The zero-order chi connectivity index (χ0) is 52.2. The number of aliphatic hydroxyl groups is 1. The molecule has 8 amide bonds. The van der Waals surface area contributed by atoms with Crippen molar-refractivity contribution in [1.29, 1.82) is 0 Å². The van der Waals surface area contributed by atoms with Gasteiger partial charge in [0.05, 0.1) is 12.5 Å². The monoisotopic (exact) mass is 980 g/mol. The van der Waals surface area contributed by atoms with Gasteiger partial charge in [-0.1, -0.05) is 51.1 Å². The molecule has 0 unspecified atom stereocenters. The van der Waals surface area contributed by atoms with Gasteiger partial charge in [-0.2, -0.15) is 0 Å². The van der Waals surface area contributed by atoms with Crippen LogP contribution in [0.4, 0.5) is 8.78 Å². The van der Waals surface area contributed by atoms with Gasteiger partial charge in [0.25, 0.3) is 11.8 Å². The SMILES string of the molecule is C[C@H](NC(=O)CCCC(=O)ON1C(=O)CCC1=O)C(=O)N[C@@H](C)C(=O)N([C@@H](CC(N)=O)C(N)=O)[C@@H](CCN(C(=O)CO)[C@@H](c1cc(-c2cc(F)ccc2F)cn1Cc1ccccc1)C(C)(C)C)C(=O)O. The number of nitrogens with two attached hydrogens (primary N) is 2. The first-order valence-electron chi connectivity index (χ1n) is 22.2. The normalized spacial score (nSPS) is 14.7. The smallest absolute Gasteiger partial charge is 0.333 e. The number of halogens is 2. The Labute approximate surface area is 401 Å². The minimum atomic E-state index is -2.07. The van der Waals surface area contributed by atoms with E-state index < -0.39 is 132 Å². The molecule has 1 saturated heterocycles. The fraction of sp³-hybridized carbons (Fsp3) is 0.447. The molecule has 1 fully saturated rings. The van der Waals surface area contributed by atoms with Crippen molar-refractivity contribution >= 4 is 59.2 Å². The van der Waals surface area contributed by atoms with Crippen LogP contribution < -0.4 is 22.1 Å². The van der Waals surface area contributed by atoms with Crippen molar-refractivity contribution in [1.82, 2.24) is 30.1 Å². The summed E-state index contributed by atoms with van der Waals surface area (Å²) in [6.45, 7) is 6.11. The summed E-state index contributed by atoms with van der Waals surface area (Å²) in [7, 11) is 0. The van der Waals surface area contributed by atoms with Gasteiger partial charge < -0.3 is 51.5 Å². The number of imide groups is 1. The molecule has 23 heteroatoms.